The molecule has 4 rings (SSSR count). The molecular weight excluding hydrogens is 346 g/mol. The summed E-state index contributed by atoms with van der Waals surface area (Å²) in [6.07, 6.45) is 0. The molecule has 4 aromatic rings. The number of nitrogens with one attached hydrogen (secondary N) is 1. The number of ether oxygens (including phenoxy) is 1. The maximum Gasteiger partial charge on any atom is 0.285 e. The Hall–Kier alpha value is -2.70. The third-order valence-electron chi connectivity index (χ3n) is 3.35. The summed E-state index contributed by atoms with van der Waals surface area (Å²) in [4.78, 5) is 16.6. The van der Waals surface area contributed by atoms with Gasteiger partial charge in [-0.05, 0) is 24.3 Å². The summed E-state index contributed by atoms with van der Waals surface area (Å²) in [5, 5.41) is 7.34. The van der Waals surface area contributed by atoms with Gasteiger partial charge in [0.05, 0.1) is 15.8 Å². The Kier molecular flexibility index (Phi) is 3.76. The van der Waals surface area contributed by atoms with E-state index in [-0.39, 0.29) is 11.0 Å². The van der Waals surface area contributed by atoms with Gasteiger partial charge in [0.2, 0.25) is 5.43 Å². The monoisotopic (exact) mass is 355 g/mol. The fourth-order valence-electron chi connectivity index (χ4n) is 2.27. The second kappa shape index (κ2) is 6.07. The van der Waals surface area contributed by atoms with Gasteiger partial charge in [0, 0.05) is 6.07 Å². The minimum atomic E-state index is -0.391. The summed E-state index contributed by atoms with van der Waals surface area (Å²) in [6, 6.07) is 16.5. The van der Waals surface area contributed by atoms with E-state index in [0.29, 0.717) is 5.75 Å². The quantitative estimate of drug-likeness (QED) is 0.587. The number of nitrogens with zero attached hydrogens (tertiary/aromatic N) is 2. The molecule has 0 bridgehead atoms. The van der Waals surface area contributed by atoms with Crippen LogP contribution in [0.1, 0.15) is 0 Å². The summed E-state index contributed by atoms with van der Waals surface area (Å²) in [5.41, 5.74) is 1.34. The van der Waals surface area contributed by atoms with Crippen molar-refractivity contribution in [3.63, 3.8) is 0 Å². The Morgan fingerprint density at radius 2 is 1.88 bits per heavy atom. The van der Waals surface area contributed by atoms with Crippen molar-refractivity contribution in [2.24, 2.45) is 0 Å². The molecular formula is C17H10ClN3O2S. The van der Waals surface area contributed by atoms with Gasteiger partial charge in [0.1, 0.15) is 15.9 Å². The number of H-pyrrole nitrogens is 1. The van der Waals surface area contributed by atoms with Crippen molar-refractivity contribution in [2.75, 3.05) is 0 Å². The van der Waals surface area contributed by atoms with Gasteiger partial charge < -0.3 is 4.74 Å². The first-order valence-corrected chi connectivity index (χ1v) is 8.28. The predicted molar refractivity (Wildman–Crippen MR) is 95.0 cm³/mol. The van der Waals surface area contributed by atoms with E-state index in [0.717, 1.165) is 20.8 Å². The minimum absolute atomic E-state index is 0.0621. The van der Waals surface area contributed by atoms with Gasteiger partial charge in [-0.15, -0.1) is 16.4 Å². The number of halogens is 1. The molecule has 2 aromatic heterocycles. The zero-order chi connectivity index (χ0) is 16.5. The number of para-hydroxylation sites is 2. The molecule has 0 aliphatic rings. The number of rotatable bonds is 3. The van der Waals surface area contributed by atoms with Crippen LogP contribution in [-0.2, 0) is 0 Å². The number of hydrogen-bond donors (Lipinski definition) is 1. The normalized spacial score (nSPS) is 10.9. The van der Waals surface area contributed by atoms with Gasteiger partial charge in [-0.2, -0.15) is 0 Å². The molecule has 0 radical (unpaired) electrons. The van der Waals surface area contributed by atoms with E-state index in [2.05, 4.69) is 15.2 Å². The Bertz CT molecular complexity index is 1060. The van der Waals surface area contributed by atoms with Crippen LogP contribution >= 0.6 is 22.9 Å². The van der Waals surface area contributed by atoms with Gasteiger partial charge in [-0.1, -0.05) is 35.9 Å². The molecule has 0 saturated carbocycles. The lowest BCUT2D eigenvalue weighted by Gasteiger charge is -2.07. The standard InChI is InChI=1S/C17H10ClN3O2S/c18-15-9-12(22)16(21-20-15)23-13-7-3-1-5-10(13)17-19-11-6-2-4-8-14(11)24-17/h1-9H,(H,20,22). The average Bonchev–Trinajstić information content (AvgIpc) is 3.02. The number of hydrogen-bond acceptors (Lipinski definition) is 5. The first-order chi connectivity index (χ1) is 11.7. The summed E-state index contributed by atoms with van der Waals surface area (Å²) >= 11 is 7.27. The lowest BCUT2D eigenvalue weighted by Crippen LogP contribution is -2.07. The molecule has 2 aromatic carbocycles. The molecule has 118 valence electrons. The molecule has 0 amide bonds. The number of aromatic amines is 1. The van der Waals surface area contributed by atoms with Gasteiger partial charge in [0.15, 0.2) is 0 Å². The van der Waals surface area contributed by atoms with E-state index in [4.69, 9.17) is 16.3 Å². The zero-order valence-electron chi connectivity index (χ0n) is 12.2. The van der Waals surface area contributed by atoms with E-state index in [1.54, 1.807) is 17.4 Å². The third-order valence-corrected chi connectivity index (χ3v) is 4.61. The molecule has 5 nitrogen and oxygen atoms in total. The molecule has 0 unspecified atom stereocenters. The van der Waals surface area contributed by atoms with Gasteiger partial charge in [-0.25, -0.2) is 4.98 Å². The van der Waals surface area contributed by atoms with Crippen LogP contribution in [-0.4, -0.2) is 15.2 Å². The van der Waals surface area contributed by atoms with Crippen LogP contribution in [0.25, 0.3) is 20.8 Å². The highest BCUT2D eigenvalue weighted by molar-refractivity contribution is 7.21. The lowest BCUT2D eigenvalue weighted by molar-refractivity contribution is 0.452. The summed E-state index contributed by atoms with van der Waals surface area (Å²) in [5.74, 6) is 0.449. The van der Waals surface area contributed by atoms with Crippen molar-refractivity contribution in [2.45, 2.75) is 0 Å². The van der Waals surface area contributed by atoms with Crippen LogP contribution in [0.15, 0.2) is 59.4 Å². The SMILES string of the molecule is O=c1cc(Cl)[nH]nc1Oc1ccccc1-c1nc2ccccc2s1. The average molecular weight is 356 g/mol. The Balaban J connectivity index is 1.79. The van der Waals surface area contributed by atoms with E-state index in [9.17, 15) is 4.79 Å². The zero-order valence-corrected chi connectivity index (χ0v) is 13.8. The van der Waals surface area contributed by atoms with Crippen LogP contribution in [0.2, 0.25) is 5.15 Å². The Morgan fingerprint density at radius 1 is 1.08 bits per heavy atom. The van der Waals surface area contributed by atoms with E-state index < -0.39 is 5.43 Å². The maximum absolute atomic E-state index is 11.9. The first kappa shape index (κ1) is 14.9. The molecule has 0 aliphatic heterocycles. The second-order valence-electron chi connectivity index (χ2n) is 4.97. The van der Waals surface area contributed by atoms with Crippen molar-refractivity contribution >= 4 is 33.2 Å². The van der Waals surface area contributed by atoms with Crippen LogP contribution in [0, 0.1) is 0 Å². The summed E-state index contributed by atoms with van der Waals surface area (Å²) in [6.45, 7) is 0. The maximum atomic E-state index is 11.9. The number of aromatic nitrogens is 3. The van der Waals surface area contributed by atoms with Crippen molar-refractivity contribution in [3.05, 3.63) is 70.0 Å². The highest BCUT2D eigenvalue weighted by atomic mass is 35.5. The molecule has 0 saturated heterocycles. The highest BCUT2D eigenvalue weighted by Gasteiger charge is 2.13. The Labute approximate surface area is 145 Å². The lowest BCUT2D eigenvalue weighted by atomic mass is 10.2. The fraction of sp³-hybridized carbons (Fsp3) is 0. The number of benzene rings is 2. The van der Waals surface area contributed by atoms with Crippen LogP contribution in [0.3, 0.4) is 0 Å². The third kappa shape index (κ3) is 2.77. The summed E-state index contributed by atoms with van der Waals surface area (Å²) in [7, 11) is 0. The molecule has 0 atom stereocenters. The molecule has 0 spiro atoms. The smallest absolute Gasteiger partial charge is 0.285 e. The van der Waals surface area contributed by atoms with E-state index in [1.165, 1.54) is 6.07 Å². The van der Waals surface area contributed by atoms with E-state index >= 15 is 0 Å². The molecule has 2 heterocycles. The molecule has 24 heavy (non-hydrogen) atoms. The topological polar surface area (TPSA) is 67.9 Å². The minimum Gasteiger partial charge on any atom is -0.434 e. The molecule has 7 heteroatoms. The van der Waals surface area contributed by atoms with E-state index in [1.807, 2.05) is 42.5 Å². The summed E-state index contributed by atoms with van der Waals surface area (Å²) < 4.78 is 6.79. The first-order valence-electron chi connectivity index (χ1n) is 7.09. The van der Waals surface area contributed by atoms with Gasteiger partial charge in [-0.3, -0.25) is 9.89 Å². The van der Waals surface area contributed by atoms with Gasteiger partial charge >= 0.3 is 0 Å². The highest BCUT2D eigenvalue weighted by Crippen LogP contribution is 2.36. The van der Waals surface area contributed by atoms with Crippen molar-refractivity contribution in [1.82, 2.24) is 15.2 Å². The second-order valence-corrected chi connectivity index (χ2v) is 6.41. The number of thiazole rings is 1. The fourth-order valence-corrected chi connectivity index (χ4v) is 3.40. The van der Waals surface area contributed by atoms with Crippen LogP contribution < -0.4 is 10.2 Å². The molecule has 1 N–H and O–H groups in total. The predicted octanol–water partition coefficient (Wildman–Crippen LogP) is 4.49. The van der Waals surface area contributed by atoms with Crippen LogP contribution in [0.5, 0.6) is 11.6 Å². The number of fused-ring (bicyclic) bond motifs is 1. The Morgan fingerprint density at radius 3 is 2.71 bits per heavy atom. The van der Waals surface area contributed by atoms with Crippen molar-refractivity contribution in [1.29, 1.82) is 0 Å². The molecule has 0 aliphatic carbocycles. The van der Waals surface area contributed by atoms with Crippen molar-refractivity contribution < 1.29 is 4.74 Å². The molecule has 0 fully saturated rings. The van der Waals surface area contributed by atoms with Crippen LogP contribution in [0.4, 0.5) is 0 Å². The van der Waals surface area contributed by atoms with Crippen molar-refractivity contribution in [3.8, 4) is 22.2 Å². The van der Waals surface area contributed by atoms with Gasteiger partial charge in [0.25, 0.3) is 5.88 Å². The largest absolute Gasteiger partial charge is 0.434 e.